The number of benzene rings is 1. The second kappa shape index (κ2) is 7.20. The molecule has 0 aromatic heterocycles. The van der Waals surface area contributed by atoms with Crippen molar-refractivity contribution in [1.82, 2.24) is 10.2 Å². The van der Waals surface area contributed by atoms with E-state index in [0.29, 0.717) is 29.2 Å². The van der Waals surface area contributed by atoms with Gasteiger partial charge in [-0.1, -0.05) is 25.4 Å². The van der Waals surface area contributed by atoms with E-state index in [2.05, 4.69) is 24.1 Å². The molecule has 21 heavy (non-hydrogen) atoms. The highest BCUT2D eigenvalue weighted by Gasteiger charge is 2.27. The van der Waals surface area contributed by atoms with E-state index < -0.39 is 0 Å². The topological polar surface area (TPSA) is 58.4 Å². The largest absolute Gasteiger partial charge is 0.311 e. The minimum absolute atomic E-state index is 0.154. The van der Waals surface area contributed by atoms with Gasteiger partial charge in [-0.15, -0.1) is 0 Å². The summed E-state index contributed by atoms with van der Waals surface area (Å²) in [4.78, 5) is 13.2. The quantitative estimate of drug-likeness (QED) is 0.670. The van der Waals surface area contributed by atoms with Gasteiger partial charge >= 0.3 is 0 Å². The number of nitrogens with zero attached hydrogens (tertiary/aromatic N) is 2. The first kappa shape index (κ1) is 16.2. The Kier molecular flexibility index (Phi) is 5.56. The first-order valence-electron chi connectivity index (χ1n) is 7.45. The Morgan fingerprint density at radius 2 is 2.19 bits per heavy atom. The Hall–Kier alpha value is -1.17. The summed E-state index contributed by atoms with van der Waals surface area (Å²) >= 11 is 6.01. The van der Waals surface area contributed by atoms with Crippen molar-refractivity contribution >= 4 is 17.3 Å². The number of nitro benzene ring substituents is 1. The van der Waals surface area contributed by atoms with Gasteiger partial charge < -0.3 is 5.32 Å². The van der Waals surface area contributed by atoms with Crippen LogP contribution in [0.15, 0.2) is 18.2 Å². The third-order valence-corrected chi connectivity index (χ3v) is 4.42. The number of halogens is 1. The van der Waals surface area contributed by atoms with Crippen LogP contribution in [0.5, 0.6) is 0 Å². The van der Waals surface area contributed by atoms with Gasteiger partial charge in [0, 0.05) is 48.4 Å². The Labute approximate surface area is 130 Å². The molecule has 2 unspecified atom stereocenters. The van der Waals surface area contributed by atoms with E-state index >= 15 is 0 Å². The van der Waals surface area contributed by atoms with Gasteiger partial charge in [-0.3, -0.25) is 15.0 Å². The molecule has 1 N–H and O–H groups in total. The molecule has 0 spiro atoms. The summed E-state index contributed by atoms with van der Waals surface area (Å²) in [5.41, 5.74) is 0.850. The van der Waals surface area contributed by atoms with Crippen molar-refractivity contribution in [3.05, 3.63) is 38.9 Å². The molecule has 0 amide bonds. The normalized spacial score (nSPS) is 23.2. The van der Waals surface area contributed by atoms with Crippen LogP contribution in [0.1, 0.15) is 32.3 Å². The monoisotopic (exact) mass is 311 g/mol. The molecule has 1 fully saturated rings. The smallest absolute Gasteiger partial charge is 0.273 e. The highest BCUT2D eigenvalue weighted by atomic mass is 35.5. The van der Waals surface area contributed by atoms with Gasteiger partial charge in [-0.2, -0.15) is 0 Å². The van der Waals surface area contributed by atoms with Gasteiger partial charge in [0.2, 0.25) is 0 Å². The van der Waals surface area contributed by atoms with E-state index in [9.17, 15) is 10.1 Å². The predicted octanol–water partition coefficient (Wildman–Crippen LogP) is 3.21. The molecule has 116 valence electrons. The molecule has 0 radical (unpaired) electrons. The van der Waals surface area contributed by atoms with E-state index in [1.165, 1.54) is 6.07 Å². The molecule has 5 nitrogen and oxygen atoms in total. The number of piperazine rings is 1. The number of hydrogen-bond acceptors (Lipinski definition) is 4. The van der Waals surface area contributed by atoms with Gasteiger partial charge in [0.25, 0.3) is 5.69 Å². The zero-order valence-electron chi connectivity index (χ0n) is 12.5. The molecule has 1 heterocycles. The highest BCUT2D eigenvalue weighted by Crippen LogP contribution is 2.26. The summed E-state index contributed by atoms with van der Waals surface area (Å²) in [6, 6.07) is 5.65. The van der Waals surface area contributed by atoms with Crippen molar-refractivity contribution in [2.45, 2.75) is 45.3 Å². The summed E-state index contributed by atoms with van der Waals surface area (Å²) in [6.07, 6.45) is 2.09. The van der Waals surface area contributed by atoms with Gasteiger partial charge in [0.1, 0.15) is 0 Å². The first-order chi connectivity index (χ1) is 10.0. The van der Waals surface area contributed by atoms with Crippen LogP contribution in [-0.4, -0.2) is 35.0 Å². The van der Waals surface area contributed by atoms with E-state index in [0.717, 1.165) is 25.9 Å². The summed E-state index contributed by atoms with van der Waals surface area (Å²) in [5, 5.41) is 15.3. The zero-order chi connectivity index (χ0) is 15.4. The minimum Gasteiger partial charge on any atom is -0.311 e. The average molecular weight is 312 g/mol. The average Bonchev–Trinajstić information content (AvgIpc) is 2.47. The lowest BCUT2D eigenvalue weighted by Crippen LogP contribution is -2.55. The molecule has 6 heteroatoms. The van der Waals surface area contributed by atoms with E-state index in [1.54, 1.807) is 12.1 Å². The molecule has 1 saturated heterocycles. The molecule has 0 bridgehead atoms. The van der Waals surface area contributed by atoms with E-state index in [1.807, 2.05) is 0 Å². The Bertz CT molecular complexity index is 510. The molecule has 2 atom stereocenters. The summed E-state index contributed by atoms with van der Waals surface area (Å²) in [7, 11) is 0. The van der Waals surface area contributed by atoms with Crippen LogP contribution < -0.4 is 5.32 Å². The van der Waals surface area contributed by atoms with Crippen LogP contribution in [0.2, 0.25) is 5.02 Å². The molecule has 1 aliphatic rings. The predicted molar refractivity (Wildman–Crippen MR) is 84.7 cm³/mol. The van der Waals surface area contributed by atoms with Gasteiger partial charge in [-0.25, -0.2) is 0 Å². The van der Waals surface area contributed by atoms with Crippen molar-refractivity contribution in [2.24, 2.45) is 0 Å². The fourth-order valence-corrected chi connectivity index (χ4v) is 3.07. The van der Waals surface area contributed by atoms with Crippen LogP contribution in [0.3, 0.4) is 0 Å². The van der Waals surface area contributed by atoms with Crippen molar-refractivity contribution in [2.75, 3.05) is 13.1 Å². The van der Waals surface area contributed by atoms with Crippen molar-refractivity contribution in [3.63, 3.8) is 0 Å². The second-order valence-corrected chi connectivity index (χ2v) is 5.97. The SMILES string of the molecule is CCC1CN(Cc2cc(Cl)ccc2[N+](=O)[O-])C(CC)CN1. The van der Waals surface area contributed by atoms with E-state index in [-0.39, 0.29) is 10.6 Å². The minimum atomic E-state index is -0.327. The van der Waals surface area contributed by atoms with Gasteiger partial charge in [-0.05, 0) is 25.0 Å². The Balaban J connectivity index is 2.22. The maximum Gasteiger partial charge on any atom is 0.273 e. The fourth-order valence-electron chi connectivity index (χ4n) is 2.88. The highest BCUT2D eigenvalue weighted by molar-refractivity contribution is 6.30. The van der Waals surface area contributed by atoms with Crippen LogP contribution in [0.25, 0.3) is 0 Å². The molecule has 1 aromatic carbocycles. The molecule has 0 saturated carbocycles. The van der Waals surface area contributed by atoms with Gasteiger partial charge in [0.05, 0.1) is 4.92 Å². The number of rotatable bonds is 5. The number of hydrogen-bond donors (Lipinski definition) is 1. The summed E-state index contributed by atoms with van der Waals surface area (Å²) in [5.74, 6) is 0. The fraction of sp³-hybridized carbons (Fsp3) is 0.600. The second-order valence-electron chi connectivity index (χ2n) is 5.54. The molecule has 1 aromatic rings. The molecular weight excluding hydrogens is 290 g/mol. The molecule has 2 rings (SSSR count). The third kappa shape index (κ3) is 3.93. The number of nitrogens with one attached hydrogen (secondary N) is 1. The lowest BCUT2D eigenvalue weighted by molar-refractivity contribution is -0.385. The van der Waals surface area contributed by atoms with Crippen LogP contribution in [0, 0.1) is 10.1 Å². The van der Waals surface area contributed by atoms with Crippen LogP contribution in [0.4, 0.5) is 5.69 Å². The van der Waals surface area contributed by atoms with Crippen molar-refractivity contribution in [1.29, 1.82) is 0 Å². The van der Waals surface area contributed by atoms with Crippen LogP contribution >= 0.6 is 11.6 Å². The lowest BCUT2D eigenvalue weighted by atomic mass is 10.0. The first-order valence-corrected chi connectivity index (χ1v) is 7.83. The van der Waals surface area contributed by atoms with E-state index in [4.69, 9.17) is 11.6 Å². The standard InChI is InChI=1S/C15H22ClN3O2/c1-3-13-10-18(14(4-2)8-17-13)9-11-7-12(16)5-6-15(11)19(20)21/h5-7,13-14,17H,3-4,8-10H2,1-2H3. The maximum absolute atomic E-state index is 11.2. The number of nitro groups is 1. The molecule has 0 aliphatic carbocycles. The third-order valence-electron chi connectivity index (χ3n) is 4.19. The Morgan fingerprint density at radius 3 is 2.81 bits per heavy atom. The summed E-state index contributed by atoms with van der Waals surface area (Å²) in [6.45, 7) is 6.73. The van der Waals surface area contributed by atoms with Crippen LogP contribution in [-0.2, 0) is 6.54 Å². The Morgan fingerprint density at radius 1 is 1.43 bits per heavy atom. The van der Waals surface area contributed by atoms with Crippen molar-refractivity contribution in [3.8, 4) is 0 Å². The lowest BCUT2D eigenvalue weighted by Gasteiger charge is -2.40. The molecule has 1 aliphatic heterocycles. The summed E-state index contributed by atoms with van der Waals surface area (Å²) < 4.78 is 0. The van der Waals surface area contributed by atoms with Crippen molar-refractivity contribution < 1.29 is 4.92 Å². The maximum atomic E-state index is 11.2. The zero-order valence-corrected chi connectivity index (χ0v) is 13.3. The van der Waals surface area contributed by atoms with Gasteiger partial charge in [0.15, 0.2) is 0 Å². The molecular formula is C15H22ClN3O2.